The number of rotatable bonds is 6. The van der Waals surface area contributed by atoms with Crippen molar-refractivity contribution in [2.45, 2.75) is 20.0 Å². The van der Waals surface area contributed by atoms with E-state index in [2.05, 4.69) is 0 Å². The zero-order valence-electron chi connectivity index (χ0n) is 7.69. The summed E-state index contributed by atoms with van der Waals surface area (Å²) < 4.78 is 26.9. The smallest absolute Gasteiger partial charge is 0.318 e. The van der Waals surface area contributed by atoms with Gasteiger partial charge < -0.3 is 9.84 Å². The number of carbonyl (C=O) groups is 1. The summed E-state index contributed by atoms with van der Waals surface area (Å²) in [6.45, 7) is 3.61. The van der Waals surface area contributed by atoms with E-state index in [9.17, 15) is 13.2 Å². The zero-order valence-corrected chi connectivity index (χ0v) is 8.50. The van der Waals surface area contributed by atoms with E-state index < -0.39 is 21.6 Å². The Kier molecular flexibility index (Phi) is 4.94. The highest BCUT2D eigenvalue weighted by Crippen LogP contribution is 1.93. The van der Waals surface area contributed by atoms with Gasteiger partial charge in [0, 0.05) is 0 Å². The molecule has 13 heavy (non-hydrogen) atoms. The first-order chi connectivity index (χ1) is 5.83. The average Bonchev–Trinajstić information content (AvgIpc) is 1.81. The summed E-state index contributed by atoms with van der Waals surface area (Å²) in [6, 6.07) is 0. The molecule has 0 unspecified atom stereocenters. The van der Waals surface area contributed by atoms with E-state index in [4.69, 9.17) is 9.84 Å². The Hall–Kier alpha value is -0.620. The van der Waals surface area contributed by atoms with Gasteiger partial charge in [0.1, 0.15) is 5.75 Å². The lowest BCUT2D eigenvalue weighted by Gasteiger charge is -2.06. The molecule has 0 aromatic rings. The maximum absolute atomic E-state index is 11.0. The van der Waals surface area contributed by atoms with Crippen molar-refractivity contribution in [1.82, 2.24) is 0 Å². The van der Waals surface area contributed by atoms with Crippen LogP contribution in [0.25, 0.3) is 0 Å². The predicted molar refractivity (Wildman–Crippen MR) is 47.4 cm³/mol. The van der Waals surface area contributed by atoms with Gasteiger partial charge in [-0.15, -0.1) is 0 Å². The highest BCUT2D eigenvalue weighted by molar-refractivity contribution is 7.92. The van der Waals surface area contributed by atoms with Crippen LogP contribution in [-0.2, 0) is 19.4 Å². The molecule has 0 aliphatic carbocycles. The Balaban J connectivity index is 3.84. The molecule has 0 atom stereocenters. The molecular formula is C7H14O5S. The van der Waals surface area contributed by atoms with Crippen LogP contribution < -0.4 is 0 Å². The SMILES string of the molecule is CC(C)OCCS(=O)(=O)CC(=O)O. The van der Waals surface area contributed by atoms with Crippen LogP contribution in [0.3, 0.4) is 0 Å². The topological polar surface area (TPSA) is 80.7 Å². The lowest BCUT2D eigenvalue weighted by atomic mass is 10.5. The van der Waals surface area contributed by atoms with Gasteiger partial charge >= 0.3 is 5.97 Å². The number of carboxylic acids is 1. The average molecular weight is 210 g/mol. The van der Waals surface area contributed by atoms with E-state index in [-0.39, 0.29) is 18.5 Å². The van der Waals surface area contributed by atoms with Crippen LogP contribution in [0, 0.1) is 0 Å². The van der Waals surface area contributed by atoms with Crippen molar-refractivity contribution < 1.29 is 23.1 Å². The van der Waals surface area contributed by atoms with Crippen molar-refractivity contribution >= 4 is 15.8 Å². The fraction of sp³-hybridized carbons (Fsp3) is 0.857. The third-order valence-electron chi connectivity index (χ3n) is 1.19. The third kappa shape index (κ3) is 7.73. The lowest BCUT2D eigenvalue weighted by molar-refractivity contribution is -0.134. The maximum Gasteiger partial charge on any atom is 0.318 e. The number of ether oxygens (including phenoxy) is 1. The van der Waals surface area contributed by atoms with E-state index in [1.165, 1.54) is 0 Å². The van der Waals surface area contributed by atoms with Gasteiger partial charge in [0.05, 0.1) is 18.5 Å². The molecule has 0 amide bonds. The number of sulfone groups is 1. The van der Waals surface area contributed by atoms with Gasteiger partial charge in [-0.3, -0.25) is 4.79 Å². The summed E-state index contributed by atoms with van der Waals surface area (Å²) in [5.74, 6) is -2.39. The van der Waals surface area contributed by atoms with Crippen LogP contribution >= 0.6 is 0 Å². The van der Waals surface area contributed by atoms with Gasteiger partial charge in [-0.2, -0.15) is 0 Å². The van der Waals surface area contributed by atoms with Crippen LogP contribution in [0.5, 0.6) is 0 Å². The zero-order chi connectivity index (χ0) is 10.5. The van der Waals surface area contributed by atoms with Crippen LogP contribution in [0.1, 0.15) is 13.8 Å². The van der Waals surface area contributed by atoms with E-state index in [0.717, 1.165) is 0 Å². The largest absolute Gasteiger partial charge is 0.480 e. The summed E-state index contributed by atoms with van der Waals surface area (Å²) >= 11 is 0. The van der Waals surface area contributed by atoms with Gasteiger partial charge in [-0.25, -0.2) is 8.42 Å². The van der Waals surface area contributed by atoms with Gasteiger partial charge in [-0.1, -0.05) is 0 Å². The Labute approximate surface area is 77.6 Å². The van der Waals surface area contributed by atoms with Crippen LogP contribution in [0.2, 0.25) is 0 Å². The summed E-state index contributed by atoms with van der Waals surface area (Å²) in [5, 5.41) is 8.24. The molecule has 6 heteroatoms. The van der Waals surface area contributed by atoms with Crippen molar-refractivity contribution in [3.05, 3.63) is 0 Å². The summed E-state index contributed by atoms with van der Waals surface area (Å²) in [5.41, 5.74) is 0. The Morgan fingerprint density at radius 1 is 1.46 bits per heavy atom. The van der Waals surface area contributed by atoms with Crippen LogP contribution in [-0.4, -0.2) is 43.7 Å². The van der Waals surface area contributed by atoms with Crippen molar-refractivity contribution in [3.8, 4) is 0 Å². The summed E-state index contributed by atoms with van der Waals surface area (Å²) in [6.07, 6.45) is -0.0416. The second kappa shape index (κ2) is 5.18. The summed E-state index contributed by atoms with van der Waals surface area (Å²) in [7, 11) is -3.50. The monoisotopic (exact) mass is 210 g/mol. The van der Waals surface area contributed by atoms with Gasteiger partial charge in [0.25, 0.3) is 0 Å². The van der Waals surface area contributed by atoms with Gasteiger partial charge in [0.2, 0.25) is 0 Å². The predicted octanol–water partition coefficient (Wildman–Crippen LogP) is -0.0892. The molecule has 0 aliphatic rings. The minimum absolute atomic E-state index is 0.0416. The minimum atomic E-state index is -3.50. The molecule has 78 valence electrons. The first kappa shape index (κ1) is 12.4. The molecule has 0 spiro atoms. The van der Waals surface area contributed by atoms with Crippen LogP contribution in [0.4, 0.5) is 0 Å². The molecule has 0 radical (unpaired) electrons. The second-order valence-electron chi connectivity index (χ2n) is 2.91. The van der Waals surface area contributed by atoms with Crippen molar-refractivity contribution in [1.29, 1.82) is 0 Å². The van der Waals surface area contributed by atoms with E-state index in [0.29, 0.717) is 0 Å². The molecule has 0 rings (SSSR count). The molecule has 0 bridgehead atoms. The Morgan fingerprint density at radius 2 is 2.00 bits per heavy atom. The number of aliphatic carboxylic acids is 1. The Bertz CT molecular complexity index is 254. The summed E-state index contributed by atoms with van der Waals surface area (Å²) in [4.78, 5) is 10.1. The third-order valence-corrected chi connectivity index (χ3v) is 2.66. The van der Waals surface area contributed by atoms with Crippen molar-refractivity contribution in [3.63, 3.8) is 0 Å². The molecule has 0 aromatic heterocycles. The minimum Gasteiger partial charge on any atom is -0.480 e. The second-order valence-corrected chi connectivity index (χ2v) is 5.09. The molecule has 0 aliphatic heterocycles. The standard InChI is InChI=1S/C7H14O5S/c1-6(2)12-3-4-13(10,11)5-7(8)9/h6H,3-5H2,1-2H3,(H,8,9). The quantitative estimate of drug-likeness (QED) is 0.662. The lowest BCUT2D eigenvalue weighted by Crippen LogP contribution is -2.22. The van der Waals surface area contributed by atoms with Gasteiger partial charge in [0.15, 0.2) is 9.84 Å². The highest BCUT2D eigenvalue weighted by Gasteiger charge is 2.15. The molecule has 0 heterocycles. The fourth-order valence-corrected chi connectivity index (χ4v) is 1.54. The fourth-order valence-electron chi connectivity index (χ4n) is 0.671. The normalized spacial score (nSPS) is 11.9. The molecule has 0 aromatic carbocycles. The highest BCUT2D eigenvalue weighted by atomic mass is 32.2. The molecular weight excluding hydrogens is 196 g/mol. The van der Waals surface area contributed by atoms with Crippen LogP contribution in [0.15, 0.2) is 0 Å². The van der Waals surface area contributed by atoms with E-state index in [1.54, 1.807) is 13.8 Å². The van der Waals surface area contributed by atoms with Gasteiger partial charge in [-0.05, 0) is 13.8 Å². The molecule has 0 fully saturated rings. The molecule has 5 nitrogen and oxygen atoms in total. The number of hydrogen-bond acceptors (Lipinski definition) is 4. The number of carboxylic acid groups (broad SMARTS) is 1. The molecule has 0 saturated carbocycles. The van der Waals surface area contributed by atoms with Crippen molar-refractivity contribution in [2.24, 2.45) is 0 Å². The van der Waals surface area contributed by atoms with E-state index >= 15 is 0 Å². The van der Waals surface area contributed by atoms with E-state index in [1.807, 2.05) is 0 Å². The maximum atomic E-state index is 11.0. The first-order valence-electron chi connectivity index (χ1n) is 3.87. The van der Waals surface area contributed by atoms with Crippen molar-refractivity contribution in [2.75, 3.05) is 18.1 Å². The molecule has 1 N–H and O–H groups in total. The first-order valence-corrected chi connectivity index (χ1v) is 5.69. The molecule has 0 saturated heterocycles. The Morgan fingerprint density at radius 3 is 2.38 bits per heavy atom. The number of hydrogen-bond donors (Lipinski definition) is 1.